The van der Waals surface area contributed by atoms with Crippen LogP contribution in [0.5, 0.6) is 0 Å². The van der Waals surface area contributed by atoms with Crippen molar-refractivity contribution in [2.24, 2.45) is 4.99 Å². The van der Waals surface area contributed by atoms with Crippen LogP contribution in [0.1, 0.15) is 6.42 Å². The monoisotopic (exact) mass is 255 g/mol. The Morgan fingerprint density at radius 1 is 1.60 bits per heavy atom. The molecule has 0 amide bonds. The molecule has 0 aliphatic heterocycles. The normalized spacial score (nSPS) is 9.20. The van der Waals surface area contributed by atoms with Crippen LogP contribution in [0.2, 0.25) is 0 Å². The van der Waals surface area contributed by atoms with Crippen molar-refractivity contribution >= 4 is 35.2 Å². The lowest BCUT2D eigenvalue weighted by Gasteiger charge is -2.05. The van der Waals surface area contributed by atoms with Crippen molar-refractivity contribution in [2.75, 3.05) is 27.2 Å². The molecule has 2 N–H and O–H groups in total. The summed E-state index contributed by atoms with van der Waals surface area (Å²) in [5, 5.41) is 14.2. The number of alkyl halides is 2. The first kappa shape index (κ1) is 16.8. The molecule has 0 saturated carbocycles. The van der Waals surface area contributed by atoms with Gasteiger partial charge in [0, 0.05) is 0 Å². The van der Waals surface area contributed by atoms with E-state index in [1.54, 1.807) is 0 Å². The maximum Gasteiger partial charge on any atom is 0.337 e. The van der Waals surface area contributed by atoms with Gasteiger partial charge < -0.3 is 10.0 Å². The van der Waals surface area contributed by atoms with Crippen molar-refractivity contribution in [2.45, 2.75) is 11.3 Å². The molecule has 88 valence electrons. The van der Waals surface area contributed by atoms with Gasteiger partial charge in [0.15, 0.2) is 0 Å². The van der Waals surface area contributed by atoms with Gasteiger partial charge in [0.1, 0.15) is 0 Å². The fourth-order valence-corrected chi connectivity index (χ4v) is 0.522. The summed E-state index contributed by atoms with van der Waals surface area (Å²) in [6.45, 7) is 1.76. The third kappa shape index (κ3) is 19.7. The molecule has 15 heavy (non-hydrogen) atoms. The third-order valence-corrected chi connectivity index (χ3v) is 1.51. The molecule has 0 aromatic carbocycles. The van der Waals surface area contributed by atoms with Crippen LogP contribution >= 0.6 is 23.2 Å². The summed E-state index contributed by atoms with van der Waals surface area (Å²) in [6, 6.07) is 2.00. The van der Waals surface area contributed by atoms with Crippen LogP contribution in [0.15, 0.2) is 4.99 Å². The molecule has 7 heteroatoms. The molecular formula is C8H15Cl2N3O2. The van der Waals surface area contributed by atoms with E-state index >= 15 is 0 Å². The summed E-state index contributed by atoms with van der Waals surface area (Å²) >= 11 is 9.56. The Morgan fingerprint density at radius 3 is 2.33 bits per heavy atom. The smallest absolute Gasteiger partial charge is 0.337 e. The molecule has 0 rings (SSSR count). The van der Waals surface area contributed by atoms with Gasteiger partial charge in [-0.3, -0.25) is 0 Å². The number of nitrogens with zero attached hydrogens (tertiary/aromatic N) is 2. The number of aliphatic carboxylic acids is 1. The number of aliphatic imine (C=N–C) groups is 1. The van der Waals surface area contributed by atoms with E-state index in [1.165, 1.54) is 0 Å². The highest BCUT2D eigenvalue weighted by atomic mass is 35.5. The molecule has 0 bridgehead atoms. The molecule has 0 unspecified atom stereocenters. The second-order valence-corrected chi connectivity index (χ2v) is 3.89. The number of rotatable bonds is 5. The lowest BCUT2D eigenvalue weighted by Crippen LogP contribution is -2.13. The van der Waals surface area contributed by atoms with Crippen LogP contribution in [0.4, 0.5) is 0 Å². The zero-order valence-corrected chi connectivity index (χ0v) is 10.2. The lowest BCUT2D eigenvalue weighted by atomic mass is 10.4. The second kappa shape index (κ2) is 11.5. The quantitative estimate of drug-likeness (QED) is 0.445. The molecule has 0 aromatic rings. The van der Waals surface area contributed by atoms with E-state index in [4.69, 9.17) is 33.7 Å². The maximum atomic E-state index is 9.44. The topological polar surface area (TPSA) is 76.8 Å². The van der Waals surface area contributed by atoms with E-state index in [9.17, 15) is 4.79 Å². The highest BCUT2D eigenvalue weighted by Gasteiger charge is 2.05. The van der Waals surface area contributed by atoms with E-state index in [1.807, 2.05) is 20.1 Å². The average Bonchev–Trinajstić information content (AvgIpc) is 2.13. The first-order chi connectivity index (χ1) is 6.91. The van der Waals surface area contributed by atoms with Crippen molar-refractivity contribution in [3.8, 4) is 0 Å². The molecule has 5 nitrogen and oxygen atoms in total. The minimum Gasteiger partial charge on any atom is -0.479 e. The third-order valence-electron chi connectivity index (χ3n) is 1.14. The van der Waals surface area contributed by atoms with Crippen molar-refractivity contribution in [1.29, 1.82) is 5.41 Å². The predicted molar refractivity (Wildman–Crippen MR) is 61.3 cm³/mol. The van der Waals surface area contributed by atoms with Gasteiger partial charge >= 0.3 is 5.97 Å². The number of carboxylic acids is 1. The van der Waals surface area contributed by atoms with Crippen LogP contribution in [0.3, 0.4) is 0 Å². The fourth-order valence-electron chi connectivity index (χ4n) is 0.522. The van der Waals surface area contributed by atoms with Gasteiger partial charge in [-0.2, -0.15) is 0 Å². The average molecular weight is 256 g/mol. The van der Waals surface area contributed by atoms with Gasteiger partial charge in [0.2, 0.25) is 4.84 Å². The first-order valence-corrected chi connectivity index (χ1v) is 5.03. The van der Waals surface area contributed by atoms with Crippen molar-refractivity contribution in [1.82, 2.24) is 4.90 Å². The molecule has 0 saturated heterocycles. The Labute approximate surface area is 99.2 Å². The largest absolute Gasteiger partial charge is 0.479 e. The van der Waals surface area contributed by atoms with E-state index in [0.717, 1.165) is 19.5 Å². The standard InChI is InChI=1S/C6H13N3.C2H2Cl2O2/c1-9(2)5-3-4-8-6-7;3-1(4)2(5)6/h7H,3-5H2,1-2H3;1H,(H,5,6). The van der Waals surface area contributed by atoms with Gasteiger partial charge in [-0.1, -0.05) is 23.2 Å². The Balaban J connectivity index is 0. The van der Waals surface area contributed by atoms with Crippen molar-refractivity contribution in [3.05, 3.63) is 0 Å². The maximum absolute atomic E-state index is 9.44. The Morgan fingerprint density at radius 2 is 2.07 bits per heavy atom. The molecule has 0 aromatic heterocycles. The van der Waals surface area contributed by atoms with E-state index in [0.29, 0.717) is 0 Å². The minimum atomic E-state index is -1.29. The zero-order valence-electron chi connectivity index (χ0n) is 8.70. The van der Waals surface area contributed by atoms with Crippen LogP contribution in [0.25, 0.3) is 0 Å². The zero-order chi connectivity index (χ0) is 12.3. The lowest BCUT2D eigenvalue weighted by molar-refractivity contribution is -0.135. The summed E-state index contributed by atoms with van der Waals surface area (Å²) in [6.07, 6.45) is 1.01. The van der Waals surface area contributed by atoms with Crippen LogP contribution in [0, 0.1) is 5.41 Å². The van der Waals surface area contributed by atoms with E-state index < -0.39 is 10.8 Å². The van der Waals surface area contributed by atoms with Gasteiger partial charge in [-0.25, -0.2) is 15.2 Å². The summed E-state index contributed by atoms with van der Waals surface area (Å²) in [5.74, 6) is -1.21. The highest BCUT2D eigenvalue weighted by molar-refractivity contribution is 6.52. The van der Waals surface area contributed by atoms with E-state index in [-0.39, 0.29) is 0 Å². The molecule has 0 spiro atoms. The minimum absolute atomic E-state index is 0.724. The Hall–Kier alpha value is -0.610. The van der Waals surface area contributed by atoms with Gasteiger partial charge in [-0.15, -0.1) is 0 Å². The van der Waals surface area contributed by atoms with Crippen molar-refractivity contribution < 1.29 is 9.90 Å². The van der Waals surface area contributed by atoms with Gasteiger partial charge in [0.25, 0.3) is 0 Å². The Bertz CT molecular complexity index is 216. The number of hydrogen-bond donors (Lipinski definition) is 2. The fraction of sp³-hybridized carbons (Fsp3) is 0.750. The summed E-state index contributed by atoms with van der Waals surface area (Å²) < 4.78 is 0. The summed E-state index contributed by atoms with van der Waals surface area (Å²) in [5.41, 5.74) is 0. The number of halogens is 2. The predicted octanol–water partition coefficient (Wildman–Crippen LogP) is 1.57. The molecule has 0 atom stereocenters. The SMILES string of the molecule is CN(C)CCCN=C=N.O=C(O)C(Cl)Cl. The second-order valence-electron chi connectivity index (χ2n) is 2.79. The van der Waals surface area contributed by atoms with Crippen LogP contribution < -0.4 is 0 Å². The molecular weight excluding hydrogens is 241 g/mol. The molecule has 0 aliphatic rings. The molecule has 0 fully saturated rings. The summed E-state index contributed by atoms with van der Waals surface area (Å²) in [4.78, 5) is 13.9. The number of hydrogen-bond acceptors (Lipinski definition) is 4. The highest BCUT2D eigenvalue weighted by Crippen LogP contribution is 1.98. The molecule has 0 heterocycles. The molecule has 0 aliphatic carbocycles. The van der Waals surface area contributed by atoms with E-state index in [2.05, 4.69) is 9.89 Å². The molecule has 0 radical (unpaired) electrons. The first-order valence-electron chi connectivity index (χ1n) is 4.15. The number of carbonyl (C=O) groups is 1. The number of nitrogens with one attached hydrogen (secondary N) is 1. The van der Waals surface area contributed by atoms with Crippen LogP contribution in [-0.4, -0.2) is 54.0 Å². The van der Waals surface area contributed by atoms with Gasteiger partial charge in [-0.05, 0) is 27.1 Å². The van der Waals surface area contributed by atoms with Gasteiger partial charge in [0.05, 0.1) is 12.6 Å². The summed E-state index contributed by atoms with van der Waals surface area (Å²) in [7, 11) is 4.04. The van der Waals surface area contributed by atoms with Crippen molar-refractivity contribution in [3.63, 3.8) is 0 Å². The van der Waals surface area contributed by atoms with Crippen LogP contribution in [-0.2, 0) is 4.79 Å². The number of carboxylic acid groups (broad SMARTS) is 1. The Kier molecular flexibility index (Phi) is 12.8.